The molecule has 0 spiro atoms. The fourth-order valence-electron chi connectivity index (χ4n) is 2.92. The Hall–Kier alpha value is -1.85. The van der Waals surface area contributed by atoms with Crippen molar-refractivity contribution >= 4 is 72.7 Å². The maximum atomic E-state index is 12.6. The summed E-state index contributed by atoms with van der Waals surface area (Å²) in [4.78, 5) is 50.6. The van der Waals surface area contributed by atoms with Gasteiger partial charge in [-0.15, -0.1) is 0 Å². The molecule has 0 aliphatic carbocycles. The molecule has 0 unspecified atom stereocenters. The molecule has 1 N–H and O–H groups in total. The predicted molar refractivity (Wildman–Crippen MR) is 113 cm³/mol. The average molecular weight is 548 g/mol. The molecule has 0 saturated carbocycles. The highest BCUT2D eigenvalue weighted by Crippen LogP contribution is 2.37. The Kier molecular flexibility index (Phi) is 7.01. The number of amides is 3. The van der Waals surface area contributed by atoms with Crippen LogP contribution in [-0.4, -0.2) is 64.2 Å². The van der Waals surface area contributed by atoms with Crippen molar-refractivity contribution in [3.63, 3.8) is 0 Å². The summed E-state index contributed by atoms with van der Waals surface area (Å²) in [5.74, 6) is -1.53. The van der Waals surface area contributed by atoms with E-state index in [-0.39, 0.29) is 17.4 Å². The standard InChI is InChI=1S/C18H16Br2N2O6S/c19-11-5-10(6-12(20)16(11)28-9-15(24)25)7-13-17(26)22(18(27)29-13)8-14(23)21-3-1-2-4-21/h5-7H,1-4,8-9H2,(H,24,25)/b13-7+. The maximum absolute atomic E-state index is 12.6. The molecule has 3 rings (SSSR count). The van der Waals surface area contributed by atoms with E-state index >= 15 is 0 Å². The number of imide groups is 1. The minimum atomic E-state index is -1.11. The van der Waals surface area contributed by atoms with E-state index in [0.717, 1.165) is 29.5 Å². The van der Waals surface area contributed by atoms with E-state index in [1.807, 2.05) is 0 Å². The zero-order valence-corrected chi connectivity index (χ0v) is 19.0. The molecular weight excluding hydrogens is 532 g/mol. The highest BCUT2D eigenvalue weighted by Gasteiger charge is 2.37. The Labute approximate surface area is 187 Å². The Balaban J connectivity index is 1.75. The van der Waals surface area contributed by atoms with Gasteiger partial charge in [-0.3, -0.25) is 19.3 Å². The SMILES string of the molecule is O=C(O)COc1c(Br)cc(/C=C2/SC(=O)N(CC(=O)N3CCCC3)C2=O)cc1Br. The lowest BCUT2D eigenvalue weighted by Gasteiger charge is -2.18. The van der Waals surface area contributed by atoms with Crippen molar-refractivity contribution in [1.29, 1.82) is 0 Å². The minimum Gasteiger partial charge on any atom is -0.480 e. The molecule has 1 aromatic rings. The van der Waals surface area contributed by atoms with Crippen molar-refractivity contribution in [2.24, 2.45) is 0 Å². The van der Waals surface area contributed by atoms with Crippen LogP contribution < -0.4 is 4.74 Å². The van der Waals surface area contributed by atoms with Gasteiger partial charge in [0, 0.05) is 13.1 Å². The van der Waals surface area contributed by atoms with E-state index in [1.54, 1.807) is 23.1 Å². The largest absolute Gasteiger partial charge is 0.480 e. The fourth-order valence-corrected chi connectivity index (χ4v) is 5.21. The molecule has 2 aliphatic heterocycles. The number of hydrogen-bond acceptors (Lipinski definition) is 6. The second kappa shape index (κ2) is 9.31. The zero-order valence-electron chi connectivity index (χ0n) is 15.0. The number of carboxylic acid groups (broad SMARTS) is 1. The molecule has 2 heterocycles. The van der Waals surface area contributed by atoms with Crippen molar-refractivity contribution in [2.45, 2.75) is 12.8 Å². The fraction of sp³-hybridized carbons (Fsp3) is 0.333. The summed E-state index contributed by atoms with van der Waals surface area (Å²) in [6.07, 6.45) is 3.41. The van der Waals surface area contributed by atoms with Crippen LogP contribution in [0.1, 0.15) is 18.4 Å². The summed E-state index contributed by atoms with van der Waals surface area (Å²) in [6.45, 7) is 0.560. The first kappa shape index (κ1) is 21.8. The number of likely N-dealkylation sites (tertiary alicyclic amines) is 1. The number of halogens is 2. The predicted octanol–water partition coefficient (Wildman–Crippen LogP) is 3.33. The third-order valence-electron chi connectivity index (χ3n) is 4.28. The molecule has 11 heteroatoms. The molecule has 2 saturated heterocycles. The minimum absolute atomic E-state index is 0.210. The van der Waals surface area contributed by atoms with E-state index in [9.17, 15) is 19.2 Å². The van der Waals surface area contributed by atoms with Crippen molar-refractivity contribution in [2.75, 3.05) is 26.2 Å². The molecule has 2 aliphatic rings. The number of nitrogens with zero attached hydrogens (tertiary/aromatic N) is 2. The Morgan fingerprint density at radius 1 is 1.17 bits per heavy atom. The molecule has 1 aromatic carbocycles. The van der Waals surface area contributed by atoms with Gasteiger partial charge < -0.3 is 14.7 Å². The lowest BCUT2D eigenvalue weighted by molar-refractivity contribution is -0.139. The molecule has 29 heavy (non-hydrogen) atoms. The van der Waals surface area contributed by atoms with Crippen LogP contribution in [0.15, 0.2) is 26.0 Å². The van der Waals surface area contributed by atoms with E-state index in [4.69, 9.17) is 9.84 Å². The lowest BCUT2D eigenvalue weighted by atomic mass is 10.2. The second-order valence-corrected chi connectivity index (χ2v) is 9.05. The van der Waals surface area contributed by atoms with Crippen LogP contribution in [0.5, 0.6) is 5.75 Å². The summed E-state index contributed by atoms with van der Waals surface area (Å²) in [7, 11) is 0. The third-order valence-corrected chi connectivity index (χ3v) is 6.37. The average Bonchev–Trinajstić information content (AvgIpc) is 3.26. The maximum Gasteiger partial charge on any atom is 0.341 e. The van der Waals surface area contributed by atoms with Crippen LogP contribution in [0.2, 0.25) is 0 Å². The van der Waals surface area contributed by atoms with Crippen LogP contribution in [0.25, 0.3) is 6.08 Å². The van der Waals surface area contributed by atoms with Gasteiger partial charge in [0.1, 0.15) is 12.3 Å². The third kappa shape index (κ3) is 5.20. The lowest BCUT2D eigenvalue weighted by Crippen LogP contribution is -2.40. The first-order valence-corrected chi connectivity index (χ1v) is 11.0. The Bertz CT molecular complexity index is 891. The molecule has 0 bridgehead atoms. The molecule has 0 radical (unpaired) electrons. The molecule has 154 valence electrons. The summed E-state index contributed by atoms with van der Waals surface area (Å²) < 4.78 is 6.19. The highest BCUT2D eigenvalue weighted by molar-refractivity contribution is 9.11. The molecule has 0 atom stereocenters. The molecular formula is C18H16Br2N2O6S. The number of rotatable bonds is 6. The smallest absolute Gasteiger partial charge is 0.341 e. The van der Waals surface area contributed by atoms with Gasteiger partial charge in [0.05, 0.1) is 13.9 Å². The number of benzene rings is 1. The van der Waals surface area contributed by atoms with E-state index in [2.05, 4.69) is 31.9 Å². The molecule has 2 fully saturated rings. The van der Waals surface area contributed by atoms with E-state index in [0.29, 0.717) is 33.3 Å². The first-order chi connectivity index (χ1) is 13.8. The molecule has 3 amide bonds. The zero-order chi connectivity index (χ0) is 21.1. The van der Waals surface area contributed by atoms with Gasteiger partial charge in [-0.2, -0.15) is 0 Å². The number of thioether (sulfide) groups is 1. The van der Waals surface area contributed by atoms with Gasteiger partial charge >= 0.3 is 5.97 Å². The van der Waals surface area contributed by atoms with Gasteiger partial charge in [0.2, 0.25) is 5.91 Å². The van der Waals surface area contributed by atoms with Gasteiger partial charge in [-0.25, -0.2) is 4.79 Å². The number of ether oxygens (including phenoxy) is 1. The summed E-state index contributed by atoms with van der Waals surface area (Å²) in [5.41, 5.74) is 0.600. The van der Waals surface area contributed by atoms with Crippen molar-refractivity contribution in [1.82, 2.24) is 9.80 Å². The molecule has 8 nitrogen and oxygen atoms in total. The first-order valence-electron chi connectivity index (χ1n) is 8.63. The van der Waals surface area contributed by atoms with E-state index < -0.39 is 23.7 Å². The number of carboxylic acids is 1. The van der Waals surface area contributed by atoms with Crippen LogP contribution in [0, 0.1) is 0 Å². The molecule has 0 aromatic heterocycles. The summed E-state index contributed by atoms with van der Waals surface area (Å²) in [5, 5.41) is 8.26. The van der Waals surface area contributed by atoms with Crippen molar-refractivity contribution in [3.05, 3.63) is 31.5 Å². The number of carbonyl (C=O) groups excluding carboxylic acids is 3. The Morgan fingerprint density at radius 2 is 1.79 bits per heavy atom. The van der Waals surface area contributed by atoms with Crippen LogP contribution in [0.3, 0.4) is 0 Å². The van der Waals surface area contributed by atoms with Crippen molar-refractivity contribution < 1.29 is 29.0 Å². The van der Waals surface area contributed by atoms with Crippen LogP contribution >= 0.6 is 43.6 Å². The van der Waals surface area contributed by atoms with Crippen molar-refractivity contribution in [3.8, 4) is 5.75 Å². The normalized spacial score (nSPS) is 18.1. The van der Waals surface area contributed by atoms with Gasteiger partial charge in [0.25, 0.3) is 11.1 Å². The Morgan fingerprint density at radius 3 is 2.38 bits per heavy atom. The quantitative estimate of drug-likeness (QED) is 0.545. The summed E-state index contributed by atoms with van der Waals surface area (Å²) >= 11 is 7.40. The van der Waals surface area contributed by atoms with Crippen LogP contribution in [-0.2, 0) is 14.4 Å². The number of aliphatic carboxylic acids is 1. The second-order valence-electron chi connectivity index (χ2n) is 6.35. The topological polar surface area (TPSA) is 104 Å². The van der Waals surface area contributed by atoms with Gasteiger partial charge in [0.15, 0.2) is 6.61 Å². The monoisotopic (exact) mass is 546 g/mol. The van der Waals surface area contributed by atoms with E-state index in [1.165, 1.54) is 0 Å². The van der Waals surface area contributed by atoms with Gasteiger partial charge in [-0.05, 0) is 80.2 Å². The number of hydrogen-bond donors (Lipinski definition) is 1. The highest BCUT2D eigenvalue weighted by atomic mass is 79.9. The van der Waals surface area contributed by atoms with Crippen LogP contribution in [0.4, 0.5) is 4.79 Å². The summed E-state index contributed by atoms with van der Waals surface area (Å²) in [6, 6.07) is 3.29. The number of carbonyl (C=O) groups is 4. The van der Waals surface area contributed by atoms with Gasteiger partial charge in [-0.1, -0.05) is 0 Å².